The zero-order valence-corrected chi connectivity index (χ0v) is 15.6. The number of amides is 1. The van der Waals surface area contributed by atoms with Gasteiger partial charge in [0, 0.05) is 21.5 Å². The van der Waals surface area contributed by atoms with Gasteiger partial charge < -0.3 is 10.1 Å². The Bertz CT molecular complexity index is 831. The molecule has 0 aliphatic rings. The predicted molar refractivity (Wildman–Crippen MR) is 97.3 cm³/mol. The summed E-state index contributed by atoms with van der Waals surface area (Å²) < 4.78 is 5.56. The number of hydrogen-bond donors (Lipinski definition) is 1. The molecular weight excluding hydrogens is 408 g/mol. The van der Waals surface area contributed by atoms with Crippen LogP contribution in [0.4, 0.5) is 0 Å². The number of nitriles is 1. The van der Waals surface area contributed by atoms with Crippen LogP contribution in [0.2, 0.25) is 5.02 Å². The molecule has 2 aromatic carbocycles. The van der Waals surface area contributed by atoms with Gasteiger partial charge in [0.25, 0.3) is 5.91 Å². The number of esters is 1. The van der Waals surface area contributed by atoms with Crippen LogP contribution >= 0.6 is 27.5 Å². The van der Waals surface area contributed by atoms with Crippen LogP contribution in [0, 0.1) is 11.3 Å². The largest absolute Gasteiger partial charge is 0.467 e. The summed E-state index contributed by atoms with van der Waals surface area (Å²) in [5.74, 6) is -0.994. The number of carbonyl (C=O) groups excluding carboxylic acids is 2. The Morgan fingerprint density at radius 1 is 1.28 bits per heavy atom. The van der Waals surface area contributed by atoms with E-state index >= 15 is 0 Å². The zero-order valence-electron chi connectivity index (χ0n) is 13.3. The highest BCUT2D eigenvalue weighted by atomic mass is 79.9. The highest BCUT2D eigenvalue weighted by Crippen LogP contribution is 2.22. The van der Waals surface area contributed by atoms with E-state index < -0.39 is 17.9 Å². The van der Waals surface area contributed by atoms with Crippen molar-refractivity contribution in [3.63, 3.8) is 0 Å². The lowest BCUT2D eigenvalue weighted by atomic mass is 10.0. The number of halogens is 2. The van der Waals surface area contributed by atoms with E-state index in [1.54, 1.807) is 18.2 Å². The van der Waals surface area contributed by atoms with Crippen LogP contribution < -0.4 is 5.32 Å². The van der Waals surface area contributed by atoms with E-state index in [1.807, 2.05) is 6.07 Å². The van der Waals surface area contributed by atoms with Gasteiger partial charge in [0.15, 0.2) is 0 Å². The predicted octanol–water partition coefficient (Wildman–Crippen LogP) is 3.49. The van der Waals surface area contributed by atoms with Gasteiger partial charge in [-0.1, -0.05) is 27.5 Å². The molecule has 7 heteroatoms. The average molecular weight is 422 g/mol. The molecular formula is C18H14BrClN2O3. The highest BCUT2D eigenvalue weighted by Gasteiger charge is 2.23. The Hall–Kier alpha value is -2.36. The topological polar surface area (TPSA) is 79.2 Å². The van der Waals surface area contributed by atoms with Crippen LogP contribution in [0.25, 0.3) is 0 Å². The van der Waals surface area contributed by atoms with Gasteiger partial charge in [-0.3, -0.25) is 4.79 Å². The Labute approximate surface area is 158 Å². The standard InChI is InChI=1S/C18H14BrClN2O3/c1-25-18(24)16(9-13-8-14(20)6-7-15(13)19)22-17(23)12-4-2-11(10-21)3-5-12/h2-8,16H,9H2,1H3,(H,22,23)/t16-/m0/s1. The van der Waals surface area contributed by atoms with Gasteiger partial charge in [0.05, 0.1) is 18.7 Å². The maximum atomic E-state index is 12.4. The number of nitrogens with one attached hydrogen (secondary N) is 1. The van der Waals surface area contributed by atoms with E-state index in [-0.39, 0.29) is 6.42 Å². The van der Waals surface area contributed by atoms with Crippen LogP contribution in [-0.4, -0.2) is 25.0 Å². The van der Waals surface area contributed by atoms with Crippen molar-refractivity contribution < 1.29 is 14.3 Å². The fourth-order valence-corrected chi connectivity index (χ4v) is 2.80. The first-order valence-electron chi connectivity index (χ1n) is 7.27. The lowest BCUT2D eigenvalue weighted by Crippen LogP contribution is -2.43. The van der Waals surface area contributed by atoms with Crippen LogP contribution in [0.5, 0.6) is 0 Å². The summed E-state index contributed by atoms with van der Waals surface area (Å²) in [4.78, 5) is 24.4. The summed E-state index contributed by atoms with van der Waals surface area (Å²) in [7, 11) is 1.26. The number of benzene rings is 2. The molecule has 0 bridgehead atoms. The second kappa shape index (κ2) is 8.65. The van der Waals surface area contributed by atoms with Crippen LogP contribution in [0.1, 0.15) is 21.5 Å². The molecule has 2 rings (SSSR count). The van der Waals surface area contributed by atoms with Crippen LogP contribution in [0.15, 0.2) is 46.9 Å². The quantitative estimate of drug-likeness (QED) is 0.750. The first-order valence-corrected chi connectivity index (χ1v) is 8.44. The molecule has 0 saturated heterocycles. The van der Waals surface area contributed by atoms with E-state index in [4.69, 9.17) is 21.6 Å². The summed E-state index contributed by atoms with van der Waals surface area (Å²) in [6.45, 7) is 0. The molecule has 0 radical (unpaired) electrons. The SMILES string of the molecule is COC(=O)[C@H](Cc1cc(Cl)ccc1Br)NC(=O)c1ccc(C#N)cc1. The molecule has 0 spiro atoms. The van der Waals surface area contributed by atoms with Gasteiger partial charge >= 0.3 is 5.97 Å². The van der Waals surface area contributed by atoms with Crippen molar-refractivity contribution in [1.29, 1.82) is 5.26 Å². The summed E-state index contributed by atoms with van der Waals surface area (Å²) in [5, 5.41) is 12.0. The normalized spacial score (nSPS) is 11.3. The smallest absolute Gasteiger partial charge is 0.328 e. The molecule has 1 atom stereocenters. The minimum atomic E-state index is -0.872. The van der Waals surface area contributed by atoms with Gasteiger partial charge in [-0.2, -0.15) is 5.26 Å². The molecule has 0 fully saturated rings. The Balaban J connectivity index is 2.19. The highest BCUT2D eigenvalue weighted by molar-refractivity contribution is 9.10. The zero-order chi connectivity index (χ0) is 18.4. The molecule has 0 aliphatic heterocycles. The Morgan fingerprint density at radius 3 is 2.56 bits per heavy atom. The Morgan fingerprint density at radius 2 is 1.96 bits per heavy atom. The fourth-order valence-electron chi connectivity index (χ4n) is 2.19. The third-order valence-corrected chi connectivity index (χ3v) is 4.51. The van der Waals surface area contributed by atoms with Gasteiger partial charge in [-0.05, 0) is 48.0 Å². The fraction of sp³-hybridized carbons (Fsp3) is 0.167. The second-order valence-electron chi connectivity index (χ2n) is 5.18. The molecule has 1 N–H and O–H groups in total. The third-order valence-electron chi connectivity index (χ3n) is 3.50. The number of nitrogens with zero attached hydrogens (tertiary/aromatic N) is 1. The first kappa shape index (κ1) is 19.0. The molecule has 2 aromatic rings. The van der Waals surface area contributed by atoms with Gasteiger partial charge in [-0.25, -0.2) is 4.79 Å². The maximum Gasteiger partial charge on any atom is 0.328 e. The van der Waals surface area contributed by atoms with Crippen LogP contribution in [0.3, 0.4) is 0 Å². The first-order chi connectivity index (χ1) is 11.9. The molecule has 5 nitrogen and oxygen atoms in total. The van der Waals surface area contributed by atoms with E-state index in [1.165, 1.54) is 31.4 Å². The minimum Gasteiger partial charge on any atom is -0.467 e. The number of hydrogen-bond acceptors (Lipinski definition) is 4. The monoisotopic (exact) mass is 420 g/mol. The second-order valence-corrected chi connectivity index (χ2v) is 6.47. The molecule has 25 heavy (non-hydrogen) atoms. The van der Waals surface area contributed by atoms with E-state index in [9.17, 15) is 9.59 Å². The number of carbonyl (C=O) groups is 2. The molecule has 0 heterocycles. The maximum absolute atomic E-state index is 12.4. The molecule has 128 valence electrons. The van der Waals surface area contributed by atoms with Gasteiger partial charge in [-0.15, -0.1) is 0 Å². The molecule has 1 amide bonds. The molecule has 0 aromatic heterocycles. The number of rotatable bonds is 5. The van der Waals surface area contributed by atoms with Gasteiger partial charge in [0.2, 0.25) is 0 Å². The molecule has 0 unspecified atom stereocenters. The van der Waals surface area contributed by atoms with Crippen molar-refractivity contribution in [2.24, 2.45) is 0 Å². The number of ether oxygens (including phenoxy) is 1. The van der Waals surface area contributed by atoms with E-state index in [2.05, 4.69) is 21.2 Å². The summed E-state index contributed by atoms with van der Waals surface area (Å²) in [6.07, 6.45) is 0.218. The summed E-state index contributed by atoms with van der Waals surface area (Å²) in [6, 6.07) is 12.4. The summed E-state index contributed by atoms with van der Waals surface area (Å²) in [5.41, 5.74) is 1.56. The van der Waals surface area contributed by atoms with Gasteiger partial charge in [0.1, 0.15) is 6.04 Å². The lowest BCUT2D eigenvalue weighted by molar-refractivity contribution is -0.142. The van der Waals surface area contributed by atoms with Crippen molar-refractivity contribution >= 4 is 39.4 Å². The average Bonchev–Trinajstić information content (AvgIpc) is 2.63. The summed E-state index contributed by atoms with van der Waals surface area (Å²) >= 11 is 9.40. The van der Waals surface area contributed by atoms with Crippen molar-refractivity contribution in [2.45, 2.75) is 12.5 Å². The number of methoxy groups -OCH3 is 1. The lowest BCUT2D eigenvalue weighted by Gasteiger charge is -2.17. The molecule has 0 aliphatic carbocycles. The minimum absolute atomic E-state index is 0.218. The van der Waals surface area contributed by atoms with E-state index in [0.29, 0.717) is 16.1 Å². The molecule has 0 saturated carbocycles. The third kappa shape index (κ3) is 5.05. The van der Waals surface area contributed by atoms with Crippen LogP contribution in [-0.2, 0) is 16.0 Å². The van der Waals surface area contributed by atoms with Crippen molar-refractivity contribution in [3.05, 3.63) is 68.7 Å². The van der Waals surface area contributed by atoms with Crippen molar-refractivity contribution in [1.82, 2.24) is 5.32 Å². The Kier molecular flexibility index (Phi) is 6.57. The van der Waals surface area contributed by atoms with E-state index in [0.717, 1.165) is 10.0 Å². The van der Waals surface area contributed by atoms with Crippen molar-refractivity contribution in [2.75, 3.05) is 7.11 Å². The van der Waals surface area contributed by atoms with Crippen molar-refractivity contribution in [3.8, 4) is 6.07 Å².